The van der Waals surface area contributed by atoms with Crippen molar-refractivity contribution < 1.29 is 4.79 Å². The summed E-state index contributed by atoms with van der Waals surface area (Å²) in [6.45, 7) is 0. The fourth-order valence-corrected chi connectivity index (χ4v) is 2.35. The maximum atomic E-state index is 12.1. The molecule has 0 saturated heterocycles. The lowest BCUT2D eigenvalue weighted by atomic mass is 10.1. The second-order valence-electron chi connectivity index (χ2n) is 4.74. The molecule has 0 bridgehead atoms. The average molecular weight is 416 g/mol. The minimum Gasteiger partial charge on any atom is -0.325 e. The molecule has 9 heteroatoms. The molecular formula is C16H10Cl4N4O. The van der Waals surface area contributed by atoms with Crippen LogP contribution in [0.2, 0.25) is 20.1 Å². The van der Waals surface area contributed by atoms with E-state index in [1.165, 1.54) is 12.1 Å². The van der Waals surface area contributed by atoms with Crippen molar-refractivity contribution in [3.05, 3.63) is 56.5 Å². The van der Waals surface area contributed by atoms with Crippen molar-refractivity contribution >= 4 is 69.9 Å². The molecule has 0 aliphatic carbocycles. The van der Waals surface area contributed by atoms with E-state index in [1.807, 2.05) is 6.07 Å². The van der Waals surface area contributed by atoms with Gasteiger partial charge >= 0.3 is 0 Å². The van der Waals surface area contributed by atoms with Crippen LogP contribution in [0.1, 0.15) is 0 Å². The van der Waals surface area contributed by atoms with E-state index >= 15 is 0 Å². The Hall–Kier alpha value is -1.97. The van der Waals surface area contributed by atoms with E-state index in [4.69, 9.17) is 51.7 Å². The SMILES string of the molecule is N#C[C@@H](/C=N\Nc1cc(Cl)ccc1Cl)C(=O)Nc1ccc(Cl)c(Cl)c1. The molecule has 1 atom stereocenters. The number of hydrogen-bond acceptors (Lipinski definition) is 4. The fourth-order valence-electron chi connectivity index (χ4n) is 1.72. The monoisotopic (exact) mass is 414 g/mol. The van der Waals surface area contributed by atoms with Crippen molar-refractivity contribution in [2.75, 3.05) is 10.7 Å². The number of hydrazone groups is 1. The van der Waals surface area contributed by atoms with Gasteiger partial charge in [-0.05, 0) is 36.4 Å². The first-order chi connectivity index (χ1) is 11.9. The topological polar surface area (TPSA) is 77.3 Å². The predicted octanol–water partition coefficient (Wildman–Crippen LogP) is 5.48. The lowest BCUT2D eigenvalue weighted by Crippen LogP contribution is -2.23. The molecule has 0 fully saturated rings. The van der Waals surface area contributed by atoms with Gasteiger partial charge in [0.1, 0.15) is 0 Å². The van der Waals surface area contributed by atoms with Crippen LogP contribution >= 0.6 is 46.4 Å². The Kier molecular flexibility index (Phi) is 6.91. The molecule has 0 unspecified atom stereocenters. The number of rotatable bonds is 5. The third-order valence-corrected chi connectivity index (χ3v) is 4.25. The Balaban J connectivity index is 2.03. The fraction of sp³-hybridized carbons (Fsp3) is 0.0625. The van der Waals surface area contributed by atoms with Gasteiger partial charge < -0.3 is 5.32 Å². The van der Waals surface area contributed by atoms with E-state index in [1.54, 1.807) is 24.3 Å². The minimum absolute atomic E-state index is 0.291. The number of amides is 1. The smallest absolute Gasteiger partial charge is 0.247 e. The van der Waals surface area contributed by atoms with E-state index in [2.05, 4.69) is 15.8 Å². The number of nitriles is 1. The van der Waals surface area contributed by atoms with Crippen LogP contribution in [0, 0.1) is 17.2 Å². The average Bonchev–Trinajstić information content (AvgIpc) is 2.58. The maximum Gasteiger partial charge on any atom is 0.247 e. The van der Waals surface area contributed by atoms with Gasteiger partial charge in [-0.15, -0.1) is 0 Å². The number of anilines is 2. The quantitative estimate of drug-likeness (QED) is 0.501. The minimum atomic E-state index is -1.13. The van der Waals surface area contributed by atoms with Gasteiger partial charge in [0.25, 0.3) is 0 Å². The highest BCUT2D eigenvalue weighted by Gasteiger charge is 2.16. The molecule has 0 heterocycles. The molecule has 0 spiro atoms. The highest BCUT2D eigenvalue weighted by atomic mass is 35.5. The largest absolute Gasteiger partial charge is 0.325 e. The summed E-state index contributed by atoms with van der Waals surface area (Å²) in [5.74, 6) is -1.69. The van der Waals surface area contributed by atoms with Gasteiger partial charge in [-0.25, -0.2) is 0 Å². The van der Waals surface area contributed by atoms with Gasteiger partial charge in [0.15, 0.2) is 5.92 Å². The van der Waals surface area contributed by atoms with E-state index in [-0.39, 0.29) is 0 Å². The third kappa shape index (κ3) is 5.52. The lowest BCUT2D eigenvalue weighted by Gasteiger charge is -2.08. The van der Waals surface area contributed by atoms with E-state index in [0.29, 0.717) is 31.5 Å². The molecule has 0 aliphatic heterocycles. The summed E-state index contributed by atoms with van der Waals surface area (Å²) >= 11 is 23.5. The number of nitrogens with zero attached hydrogens (tertiary/aromatic N) is 2. The first-order valence-corrected chi connectivity index (χ1v) is 8.31. The first-order valence-electron chi connectivity index (χ1n) is 6.80. The summed E-state index contributed by atoms with van der Waals surface area (Å²) in [7, 11) is 0. The van der Waals surface area contributed by atoms with Crippen molar-refractivity contribution in [2.24, 2.45) is 11.0 Å². The van der Waals surface area contributed by atoms with Gasteiger partial charge in [0.2, 0.25) is 5.91 Å². The van der Waals surface area contributed by atoms with Crippen molar-refractivity contribution in [3.63, 3.8) is 0 Å². The van der Waals surface area contributed by atoms with Crippen LogP contribution in [0.5, 0.6) is 0 Å². The molecule has 2 rings (SSSR count). The summed E-state index contributed by atoms with van der Waals surface area (Å²) in [4.78, 5) is 12.1. The van der Waals surface area contributed by atoms with Crippen LogP contribution in [0.4, 0.5) is 11.4 Å². The lowest BCUT2D eigenvalue weighted by molar-refractivity contribution is -0.116. The molecule has 0 radical (unpaired) electrons. The standard InChI is InChI=1S/C16H10Cl4N4O/c17-10-1-3-13(19)15(5-10)24-22-8-9(7-21)16(25)23-11-2-4-12(18)14(20)6-11/h1-6,8-9,24H,(H,23,25)/b22-8-/t9-/m0/s1. The Morgan fingerprint density at radius 3 is 2.48 bits per heavy atom. The molecule has 0 aliphatic rings. The van der Waals surface area contributed by atoms with Crippen molar-refractivity contribution in [1.29, 1.82) is 5.26 Å². The van der Waals surface area contributed by atoms with Crippen LogP contribution in [-0.4, -0.2) is 12.1 Å². The Morgan fingerprint density at radius 1 is 1.08 bits per heavy atom. The molecule has 5 nitrogen and oxygen atoms in total. The first kappa shape index (κ1) is 19.4. The summed E-state index contributed by atoms with van der Waals surface area (Å²) < 4.78 is 0. The van der Waals surface area contributed by atoms with E-state index in [9.17, 15) is 4.79 Å². The zero-order chi connectivity index (χ0) is 18.4. The third-order valence-electron chi connectivity index (χ3n) is 2.95. The van der Waals surface area contributed by atoms with Gasteiger partial charge in [-0.3, -0.25) is 10.2 Å². The maximum absolute atomic E-state index is 12.1. The zero-order valence-corrected chi connectivity index (χ0v) is 15.5. The molecule has 2 aromatic carbocycles. The Bertz CT molecular complexity index is 864. The number of carbonyl (C=O) groups is 1. The van der Waals surface area contributed by atoms with Gasteiger partial charge in [-0.2, -0.15) is 10.4 Å². The molecule has 25 heavy (non-hydrogen) atoms. The summed E-state index contributed by atoms with van der Waals surface area (Å²) in [5.41, 5.74) is 3.50. The molecule has 2 N–H and O–H groups in total. The second kappa shape index (κ2) is 8.93. The number of hydrogen-bond donors (Lipinski definition) is 2. The van der Waals surface area contributed by atoms with E-state index < -0.39 is 11.8 Å². The van der Waals surface area contributed by atoms with E-state index in [0.717, 1.165) is 6.21 Å². The number of benzene rings is 2. The molecule has 1 amide bonds. The molecular weight excluding hydrogens is 406 g/mol. The van der Waals surface area contributed by atoms with Crippen LogP contribution in [0.25, 0.3) is 0 Å². The highest BCUT2D eigenvalue weighted by Crippen LogP contribution is 2.26. The molecule has 2 aromatic rings. The van der Waals surface area contributed by atoms with Crippen LogP contribution in [-0.2, 0) is 4.79 Å². The summed E-state index contributed by atoms with van der Waals surface area (Å²) in [6.07, 6.45) is 1.16. The van der Waals surface area contributed by atoms with Gasteiger partial charge in [0.05, 0.1) is 33.0 Å². The second-order valence-corrected chi connectivity index (χ2v) is 6.40. The van der Waals surface area contributed by atoms with Crippen LogP contribution in [0.15, 0.2) is 41.5 Å². The number of carbonyl (C=O) groups excluding carboxylic acids is 1. The van der Waals surface area contributed by atoms with Gasteiger partial charge in [0, 0.05) is 10.7 Å². The summed E-state index contributed by atoms with van der Waals surface area (Å²) in [6, 6.07) is 11.2. The molecule has 0 aromatic heterocycles. The van der Waals surface area contributed by atoms with Gasteiger partial charge in [-0.1, -0.05) is 46.4 Å². The van der Waals surface area contributed by atoms with Crippen molar-refractivity contribution in [3.8, 4) is 6.07 Å². The highest BCUT2D eigenvalue weighted by molar-refractivity contribution is 6.42. The summed E-state index contributed by atoms with van der Waals surface area (Å²) in [5, 5.41) is 17.1. The number of halogens is 4. The Morgan fingerprint density at radius 2 is 1.80 bits per heavy atom. The Labute approximate surface area is 164 Å². The number of nitrogens with one attached hydrogen (secondary N) is 2. The molecule has 128 valence electrons. The normalized spacial score (nSPS) is 11.8. The molecule has 0 saturated carbocycles. The van der Waals surface area contributed by atoms with Crippen LogP contribution in [0.3, 0.4) is 0 Å². The van der Waals surface area contributed by atoms with Crippen LogP contribution < -0.4 is 10.7 Å². The predicted molar refractivity (Wildman–Crippen MR) is 103 cm³/mol. The zero-order valence-electron chi connectivity index (χ0n) is 12.4. The van der Waals surface area contributed by atoms with Crippen molar-refractivity contribution in [2.45, 2.75) is 0 Å². The van der Waals surface area contributed by atoms with Crippen molar-refractivity contribution in [1.82, 2.24) is 0 Å².